The van der Waals surface area contributed by atoms with Gasteiger partial charge in [-0.15, -0.1) is 6.58 Å². The van der Waals surface area contributed by atoms with Crippen LogP contribution in [-0.2, 0) is 24.1 Å². The van der Waals surface area contributed by atoms with Gasteiger partial charge in [-0.1, -0.05) is 19.9 Å². The number of amides is 1. The molecule has 0 aromatic carbocycles. The first-order valence-electron chi connectivity index (χ1n) is 10.8. The molecule has 0 bridgehead atoms. The zero-order valence-corrected chi connectivity index (χ0v) is 18.5. The van der Waals surface area contributed by atoms with Gasteiger partial charge in [0, 0.05) is 43.5 Å². The van der Waals surface area contributed by atoms with Crippen LogP contribution in [0.2, 0.25) is 0 Å². The quantitative estimate of drug-likeness (QED) is 0.668. The molecule has 1 aliphatic carbocycles. The van der Waals surface area contributed by atoms with E-state index in [0.717, 1.165) is 37.9 Å². The number of nitrogens with zero attached hydrogens (tertiary/aromatic N) is 4. The van der Waals surface area contributed by atoms with Crippen molar-refractivity contribution in [2.75, 3.05) is 53.5 Å². The molecule has 2 aliphatic rings. The third-order valence-corrected chi connectivity index (χ3v) is 5.76. The SMILES string of the molecule is C=CCn1nc(C(=O)N2CCOCC2)c2c1CCC(NCC(C)(C)CN(C)C)C2. The van der Waals surface area contributed by atoms with Crippen molar-refractivity contribution in [3.63, 3.8) is 0 Å². The second-order valence-corrected chi connectivity index (χ2v) is 9.37. The van der Waals surface area contributed by atoms with Crippen LogP contribution in [0, 0.1) is 5.41 Å². The van der Waals surface area contributed by atoms with Crippen LogP contribution < -0.4 is 5.32 Å². The van der Waals surface area contributed by atoms with E-state index in [4.69, 9.17) is 9.84 Å². The minimum Gasteiger partial charge on any atom is -0.378 e. The molecule has 1 atom stereocenters. The van der Waals surface area contributed by atoms with Gasteiger partial charge in [0.15, 0.2) is 5.69 Å². The highest BCUT2D eigenvalue weighted by molar-refractivity contribution is 5.94. The maximum atomic E-state index is 13.2. The summed E-state index contributed by atoms with van der Waals surface area (Å²) in [7, 11) is 4.23. The molecule has 29 heavy (non-hydrogen) atoms. The zero-order chi connectivity index (χ0) is 21.0. The topological polar surface area (TPSA) is 62.6 Å². The Morgan fingerprint density at radius 2 is 2.10 bits per heavy atom. The molecule has 0 saturated carbocycles. The molecule has 1 N–H and O–H groups in total. The highest BCUT2D eigenvalue weighted by Gasteiger charge is 2.32. The largest absolute Gasteiger partial charge is 0.378 e. The number of carbonyl (C=O) groups is 1. The molecule has 1 aromatic heterocycles. The lowest BCUT2D eigenvalue weighted by atomic mass is 9.88. The lowest BCUT2D eigenvalue weighted by molar-refractivity contribution is 0.0297. The van der Waals surface area contributed by atoms with Crippen LogP contribution in [0.15, 0.2) is 12.7 Å². The highest BCUT2D eigenvalue weighted by Crippen LogP contribution is 2.27. The number of nitrogens with one attached hydrogen (secondary N) is 1. The molecule has 1 unspecified atom stereocenters. The summed E-state index contributed by atoms with van der Waals surface area (Å²) in [5, 5.41) is 8.48. The summed E-state index contributed by atoms with van der Waals surface area (Å²) in [4.78, 5) is 17.3. The molecular weight excluding hydrogens is 366 g/mol. The first-order chi connectivity index (χ1) is 13.8. The van der Waals surface area contributed by atoms with Crippen molar-refractivity contribution in [1.82, 2.24) is 24.9 Å². The van der Waals surface area contributed by atoms with Gasteiger partial charge in [0.25, 0.3) is 5.91 Å². The number of carbonyl (C=O) groups excluding carboxylic acids is 1. The Balaban J connectivity index is 1.75. The van der Waals surface area contributed by atoms with E-state index in [1.165, 1.54) is 5.69 Å². The van der Waals surface area contributed by atoms with Crippen molar-refractivity contribution in [3.8, 4) is 0 Å². The van der Waals surface area contributed by atoms with Crippen molar-refractivity contribution < 1.29 is 9.53 Å². The molecule has 7 nitrogen and oxygen atoms in total. The van der Waals surface area contributed by atoms with Gasteiger partial charge in [0.1, 0.15) is 0 Å². The number of rotatable bonds is 8. The van der Waals surface area contributed by atoms with Crippen molar-refractivity contribution in [3.05, 3.63) is 29.6 Å². The van der Waals surface area contributed by atoms with Crippen molar-refractivity contribution in [1.29, 1.82) is 0 Å². The second-order valence-electron chi connectivity index (χ2n) is 9.37. The fraction of sp³-hybridized carbons (Fsp3) is 0.727. The fourth-order valence-electron chi connectivity index (χ4n) is 4.56. The summed E-state index contributed by atoms with van der Waals surface area (Å²) in [5.74, 6) is 0.0425. The summed E-state index contributed by atoms with van der Waals surface area (Å²) < 4.78 is 7.38. The van der Waals surface area contributed by atoms with Gasteiger partial charge in [-0.2, -0.15) is 5.10 Å². The van der Waals surface area contributed by atoms with Crippen molar-refractivity contribution >= 4 is 5.91 Å². The normalized spacial score (nSPS) is 20.0. The first-order valence-corrected chi connectivity index (χ1v) is 10.8. The molecule has 7 heteroatoms. The molecule has 162 valence electrons. The van der Waals surface area contributed by atoms with Crippen LogP contribution >= 0.6 is 0 Å². The van der Waals surface area contributed by atoms with Gasteiger partial charge in [0.05, 0.1) is 19.8 Å². The Morgan fingerprint density at radius 3 is 2.76 bits per heavy atom. The molecule has 2 heterocycles. The first kappa shape index (κ1) is 22.0. The second kappa shape index (κ2) is 9.41. The monoisotopic (exact) mass is 403 g/mol. The molecular formula is C22H37N5O2. The Labute approximate surface area is 175 Å². The summed E-state index contributed by atoms with van der Waals surface area (Å²) >= 11 is 0. The lowest BCUT2D eigenvalue weighted by Gasteiger charge is -2.32. The van der Waals surface area contributed by atoms with Crippen LogP contribution in [0.5, 0.6) is 0 Å². The Hall–Kier alpha value is -1.70. The van der Waals surface area contributed by atoms with Gasteiger partial charge < -0.3 is 19.9 Å². The number of fused-ring (bicyclic) bond motifs is 1. The van der Waals surface area contributed by atoms with E-state index < -0.39 is 0 Å². The van der Waals surface area contributed by atoms with Crippen molar-refractivity contribution in [2.45, 2.75) is 45.7 Å². The third-order valence-electron chi connectivity index (χ3n) is 5.76. The van der Waals surface area contributed by atoms with E-state index in [9.17, 15) is 4.79 Å². The van der Waals surface area contributed by atoms with E-state index in [-0.39, 0.29) is 11.3 Å². The molecule has 3 rings (SSSR count). The minimum atomic E-state index is 0.0425. The van der Waals surface area contributed by atoms with Gasteiger partial charge in [-0.05, 0) is 38.8 Å². The molecule has 1 saturated heterocycles. The predicted molar refractivity (Wildman–Crippen MR) is 115 cm³/mol. The summed E-state index contributed by atoms with van der Waals surface area (Å²) in [6, 6.07) is 0.376. The van der Waals surface area contributed by atoms with Crippen LogP contribution in [0.4, 0.5) is 0 Å². The van der Waals surface area contributed by atoms with Crippen molar-refractivity contribution in [2.24, 2.45) is 5.41 Å². The molecule has 1 fully saturated rings. The van der Waals surface area contributed by atoms with E-state index in [1.54, 1.807) is 0 Å². The maximum absolute atomic E-state index is 13.2. The number of ether oxygens (including phenoxy) is 1. The third kappa shape index (κ3) is 5.47. The average Bonchev–Trinajstić information content (AvgIpc) is 3.04. The van der Waals surface area contributed by atoms with Gasteiger partial charge >= 0.3 is 0 Å². The standard InChI is InChI=1S/C22H37N5O2/c1-6-9-27-19-8-7-17(23-15-22(2,3)16-25(4)5)14-18(19)20(24-27)21(28)26-10-12-29-13-11-26/h6,17,23H,1,7-16H2,2-5H3. The number of hydrogen-bond donors (Lipinski definition) is 1. The fourth-order valence-corrected chi connectivity index (χ4v) is 4.56. The zero-order valence-electron chi connectivity index (χ0n) is 18.5. The van der Waals surface area contributed by atoms with E-state index in [2.05, 4.69) is 44.7 Å². The van der Waals surface area contributed by atoms with E-state index in [0.29, 0.717) is 44.6 Å². The summed E-state index contributed by atoms with van der Waals surface area (Å²) in [5.41, 5.74) is 3.15. The van der Waals surface area contributed by atoms with Crippen LogP contribution in [0.1, 0.15) is 42.0 Å². The Bertz CT molecular complexity index is 719. The lowest BCUT2D eigenvalue weighted by Crippen LogP contribution is -2.44. The Morgan fingerprint density at radius 1 is 1.38 bits per heavy atom. The van der Waals surface area contributed by atoms with Gasteiger partial charge in [-0.3, -0.25) is 9.48 Å². The summed E-state index contributed by atoms with van der Waals surface area (Å²) in [6.45, 7) is 13.6. The smallest absolute Gasteiger partial charge is 0.274 e. The van der Waals surface area contributed by atoms with Crippen LogP contribution in [-0.4, -0.2) is 85.0 Å². The Kier molecular flexibility index (Phi) is 7.14. The summed E-state index contributed by atoms with van der Waals surface area (Å²) in [6.07, 6.45) is 4.72. The minimum absolute atomic E-state index is 0.0425. The number of allylic oxidation sites excluding steroid dienone is 1. The molecule has 1 aromatic rings. The van der Waals surface area contributed by atoms with E-state index >= 15 is 0 Å². The average molecular weight is 404 g/mol. The van der Waals surface area contributed by atoms with Crippen LogP contribution in [0.3, 0.4) is 0 Å². The molecule has 0 radical (unpaired) electrons. The predicted octanol–water partition coefficient (Wildman–Crippen LogP) is 1.58. The van der Waals surface area contributed by atoms with Gasteiger partial charge in [0.2, 0.25) is 0 Å². The molecule has 1 aliphatic heterocycles. The van der Waals surface area contributed by atoms with Crippen LogP contribution in [0.25, 0.3) is 0 Å². The highest BCUT2D eigenvalue weighted by atomic mass is 16.5. The molecule has 0 spiro atoms. The number of aromatic nitrogens is 2. The van der Waals surface area contributed by atoms with Gasteiger partial charge in [-0.25, -0.2) is 0 Å². The number of hydrogen-bond acceptors (Lipinski definition) is 5. The maximum Gasteiger partial charge on any atom is 0.274 e. The number of morpholine rings is 1. The van der Waals surface area contributed by atoms with E-state index in [1.807, 2.05) is 15.7 Å². The molecule has 1 amide bonds.